The van der Waals surface area contributed by atoms with E-state index in [1.54, 1.807) is 0 Å². The molecule has 5 heteroatoms. The third kappa shape index (κ3) is 3.32. The standard InChI is InChI=1S/C17H15N3O2/c21-17(18-10-14-11-22-12-19-14)20-16-9-5-4-8-15(16)13-6-2-1-3-7-13/h1-9,11-12H,10H2,(H2,18,20,21). The first-order valence-corrected chi connectivity index (χ1v) is 6.89. The first-order chi connectivity index (χ1) is 10.8. The van der Waals surface area contributed by atoms with Crippen molar-refractivity contribution in [1.29, 1.82) is 0 Å². The molecule has 0 saturated carbocycles. The van der Waals surface area contributed by atoms with Gasteiger partial charge in [0.2, 0.25) is 0 Å². The molecule has 0 aliphatic carbocycles. The molecule has 0 radical (unpaired) electrons. The number of para-hydroxylation sites is 1. The number of hydrogen-bond donors (Lipinski definition) is 2. The predicted molar refractivity (Wildman–Crippen MR) is 84.2 cm³/mol. The number of hydrogen-bond acceptors (Lipinski definition) is 3. The van der Waals surface area contributed by atoms with Gasteiger partial charge in [-0.1, -0.05) is 48.5 Å². The van der Waals surface area contributed by atoms with E-state index in [4.69, 9.17) is 4.42 Å². The zero-order valence-corrected chi connectivity index (χ0v) is 11.8. The van der Waals surface area contributed by atoms with Crippen LogP contribution in [0.2, 0.25) is 0 Å². The van der Waals surface area contributed by atoms with Crippen LogP contribution in [0.4, 0.5) is 10.5 Å². The van der Waals surface area contributed by atoms with Crippen molar-refractivity contribution in [2.24, 2.45) is 0 Å². The monoisotopic (exact) mass is 293 g/mol. The molecule has 22 heavy (non-hydrogen) atoms. The smallest absolute Gasteiger partial charge is 0.319 e. The van der Waals surface area contributed by atoms with Crippen LogP contribution in [-0.2, 0) is 6.54 Å². The molecule has 0 atom stereocenters. The predicted octanol–water partition coefficient (Wildman–Crippen LogP) is 3.66. The average Bonchev–Trinajstić information content (AvgIpc) is 3.08. The van der Waals surface area contributed by atoms with Crippen LogP contribution in [0.5, 0.6) is 0 Å². The zero-order chi connectivity index (χ0) is 15.2. The number of carbonyl (C=O) groups is 1. The van der Waals surface area contributed by atoms with Crippen molar-refractivity contribution in [3.05, 3.63) is 72.9 Å². The Balaban J connectivity index is 1.71. The van der Waals surface area contributed by atoms with Crippen LogP contribution in [0.25, 0.3) is 11.1 Å². The van der Waals surface area contributed by atoms with Gasteiger partial charge in [0.15, 0.2) is 6.39 Å². The van der Waals surface area contributed by atoms with E-state index in [1.165, 1.54) is 12.7 Å². The summed E-state index contributed by atoms with van der Waals surface area (Å²) in [6.07, 6.45) is 2.83. The first kappa shape index (κ1) is 13.9. The summed E-state index contributed by atoms with van der Waals surface area (Å²) in [7, 11) is 0. The SMILES string of the molecule is O=C(NCc1cocn1)Nc1ccccc1-c1ccccc1. The number of rotatable bonds is 4. The first-order valence-electron chi connectivity index (χ1n) is 6.89. The summed E-state index contributed by atoms with van der Waals surface area (Å²) in [4.78, 5) is 16.0. The quantitative estimate of drug-likeness (QED) is 0.771. The van der Waals surface area contributed by atoms with Gasteiger partial charge in [0.1, 0.15) is 6.26 Å². The van der Waals surface area contributed by atoms with Gasteiger partial charge in [0, 0.05) is 5.56 Å². The van der Waals surface area contributed by atoms with Crippen molar-refractivity contribution in [3.8, 4) is 11.1 Å². The van der Waals surface area contributed by atoms with Gasteiger partial charge in [-0.15, -0.1) is 0 Å². The number of aromatic nitrogens is 1. The topological polar surface area (TPSA) is 67.2 Å². The van der Waals surface area contributed by atoms with E-state index in [2.05, 4.69) is 15.6 Å². The molecule has 5 nitrogen and oxygen atoms in total. The number of nitrogens with one attached hydrogen (secondary N) is 2. The van der Waals surface area contributed by atoms with Crippen molar-refractivity contribution in [1.82, 2.24) is 10.3 Å². The summed E-state index contributed by atoms with van der Waals surface area (Å²) in [6.45, 7) is 0.315. The second kappa shape index (κ2) is 6.58. The summed E-state index contributed by atoms with van der Waals surface area (Å²) in [5.74, 6) is 0. The maximum absolute atomic E-state index is 12.0. The fourth-order valence-corrected chi connectivity index (χ4v) is 2.12. The molecule has 2 aromatic carbocycles. The van der Waals surface area contributed by atoms with E-state index in [0.29, 0.717) is 12.2 Å². The molecular weight excluding hydrogens is 278 g/mol. The number of benzene rings is 2. The number of amides is 2. The highest BCUT2D eigenvalue weighted by molar-refractivity contribution is 5.94. The zero-order valence-electron chi connectivity index (χ0n) is 11.8. The number of anilines is 1. The lowest BCUT2D eigenvalue weighted by atomic mass is 10.0. The largest absolute Gasteiger partial charge is 0.451 e. The number of oxazole rings is 1. The fourth-order valence-electron chi connectivity index (χ4n) is 2.12. The highest BCUT2D eigenvalue weighted by atomic mass is 16.3. The molecule has 0 spiro atoms. The van der Waals surface area contributed by atoms with Crippen LogP contribution >= 0.6 is 0 Å². The molecule has 3 aromatic rings. The highest BCUT2D eigenvalue weighted by Gasteiger charge is 2.08. The number of carbonyl (C=O) groups excluding carboxylic acids is 1. The molecule has 2 amide bonds. The Morgan fingerprint density at radius 2 is 1.82 bits per heavy atom. The Hall–Kier alpha value is -3.08. The summed E-state index contributed by atoms with van der Waals surface area (Å²) < 4.78 is 4.86. The van der Waals surface area contributed by atoms with Crippen molar-refractivity contribution in [2.45, 2.75) is 6.54 Å². The summed E-state index contributed by atoms with van der Waals surface area (Å²) in [5, 5.41) is 5.60. The molecule has 110 valence electrons. The van der Waals surface area contributed by atoms with E-state index >= 15 is 0 Å². The van der Waals surface area contributed by atoms with E-state index in [-0.39, 0.29) is 6.03 Å². The van der Waals surface area contributed by atoms with Crippen LogP contribution in [0.1, 0.15) is 5.69 Å². The molecule has 0 bridgehead atoms. The van der Waals surface area contributed by atoms with Gasteiger partial charge in [-0.3, -0.25) is 0 Å². The van der Waals surface area contributed by atoms with Crippen LogP contribution < -0.4 is 10.6 Å². The highest BCUT2D eigenvalue weighted by Crippen LogP contribution is 2.27. The van der Waals surface area contributed by atoms with Gasteiger partial charge in [0.05, 0.1) is 17.9 Å². The Morgan fingerprint density at radius 3 is 2.59 bits per heavy atom. The Labute approximate surface area is 128 Å². The normalized spacial score (nSPS) is 10.2. The molecule has 2 N–H and O–H groups in total. The minimum Gasteiger partial charge on any atom is -0.451 e. The third-order valence-corrected chi connectivity index (χ3v) is 3.17. The molecule has 0 aliphatic heterocycles. The van der Waals surface area contributed by atoms with Crippen LogP contribution in [-0.4, -0.2) is 11.0 Å². The molecule has 0 fully saturated rings. The molecule has 0 aliphatic rings. The minimum absolute atomic E-state index is 0.286. The van der Waals surface area contributed by atoms with E-state index in [1.807, 2.05) is 54.6 Å². The van der Waals surface area contributed by atoms with Gasteiger partial charge in [-0.25, -0.2) is 9.78 Å². The average molecular weight is 293 g/mol. The van der Waals surface area contributed by atoms with Gasteiger partial charge in [-0.05, 0) is 11.6 Å². The lowest BCUT2D eigenvalue weighted by Gasteiger charge is -2.11. The number of urea groups is 1. The summed E-state index contributed by atoms with van der Waals surface area (Å²) in [6, 6.07) is 17.3. The molecular formula is C17H15N3O2. The van der Waals surface area contributed by atoms with Gasteiger partial charge in [-0.2, -0.15) is 0 Å². The van der Waals surface area contributed by atoms with Crippen LogP contribution in [0, 0.1) is 0 Å². The van der Waals surface area contributed by atoms with E-state index in [0.717, 1.165) is 16.8 Å². The van der Waals surface area contributed by atoms with Gasteiger partial charge in [0.25, 0.3) is 0 Å². The fraction of sp³-hybridized carbons (Fsp3) is 0.0588. The van der Waals surface area contributed by atoms with Gasteiger partial charge < -0.3 is 15.1 Å². The Morgan fingerprint density at radius 1 is 1.05 bits per heavy atom. The van der Waals surface area contributed by atoms with Crippen molar-refractivity contribution in [3.63, 3.8) is 0 Å². The molecule has 1 aromatic heterocycles. The van der Waals surface area contributed by atoms with Crippen molar-refractivity contribution >= 4 is 11.7 Å². The molecule has 0 unspecified atom stereocenters. The van der Waals surface area contributed by atoms with Crippen molar-refractivity contribution < 1.29 is 9.21 Å². The number of nitrogens with zero attached hydrogens (tertiary/aromatic N) is 1. The van der Waals surface area contributed by atoms with Crippen LogP contribution in [0.3, 0.4) is 0 Å². The van der Waals surface area contributed by atoms with Gasteiger partial charge >= 0.3 is 6.03 Å². The summed E-state index contributed by atoms with van der Waals surface area (Å²) in [5.41, 5.74) is 3.45. The lowest BCUT2D eigenvalue weighted by molar-refractivity contribution is 0.251. The molecule has 1 heterocycles. The molecule has 3 rings (SSSR count). The maximum atomic E-state index is 12.0. The second-order valence-corrected chi connectivity index (χ2v) is 4.70. The summed E-state index contributed by atoms with van der Waals surface area (Å²) >= 11 is 0. The Bertz CT molecular complexity index is 740. The van der Waals surface area contributed by atoms with E-state index in [9.17, 15) is 4.79 Å². The second-order valence-electron chi connectivity index (χ2n) is 4.70. The van der Waals surface area contributed by atoms with Crippen molar-refractivity contribution in [2.75, 3.05) is 5.32 Å². The molecule has 0 saturated heterocycles. The maximum Gasteiger partial charge on any atom is 0.319 e. The van der Waals surface area contributed by atoms with E-state index < -0.39 is 0 Å². The van der Waals surface area contributed by atoms with Crippen LogP contribution in [0.15, 0.2) is 71.7 Å². The lowest BCUT2D eigenvalue weighted by Crippen LogP contribution is -2.28. The Kier molecular flexibility index (Phi) is 4.15. The third-order valence-electron chi connectivity index (χ3n) is 3.17. The minimum atomic E-state index is -0.286.